The van der Waals surface area contributed by atoms with Gasteiger partial charge in [-0.3, -0.25) is 0 Å². The molecule has 6 nitrogen and oxygen atoms in total. The number of nitrogens with zero attached hydrogens (tertiary/aromatic N) is 3. The summed E-state index contributed by atoms with van der Waals surface area (Å²) in [7, 11) is 3.29. The molecule has 4 aromatic rings. The van der Waals surface area contributed by atoms with E-state index in [0.29, 0.717) is 18.2 Å². The average Bonchev–Trinajstić information content (AvgIpc) is 3.27. The Bertz CT molecular complexity index is 1070. The molecular formula is C19H17N3O3S. The third-order valence-corrected chi connectivity index (χ3v) is 5.10. The van der Waals surface area contributed by atoms with E-state index in [1.807, 2.05) is 43.3 Å². The molecule has 0 unspecified atom stereocenters. The summed E-state index contributed by atoms with van der Waals surface area (Å²) in [5.74, 6) is 2.60. The normalized spacial score (nSPS) is 11.0. The Balaban J connectivity index is 1.61. The maximum absolute atomic E-state index is 5.85. The molecule has 0 spiro atoms. The summed E-state index contributed by atoms with van der Waals surface area (Å²) in [4.78, 5) is 4.65. The zero-order valence-corrected chi connectivity index (χ0v) is 15.5. The molecule has 2 aromatic heterocycles. The fraction of sp³-hybridized carbons (Fsp3) is 0.211. The van der Waals surface area contributed by atoms with Gasteiger partial charge in [0.25, 0.3) is 0 Å². The van der Waals surface area contributed by atoms with E-state index in [1.165, 1.54) is 0 Å². The van der Waals surface area contributed by atoms with Crippen LogP contribution in [0.3, 0.4) is 0 Å². The zero-order chi connectivity index (χ0) is 18.1. The quantitative estimate of drug-likeness (QED) is 0.525. The molecule has 2 aromatic carbocycles. The van der Waals surface area contributed by atoms with E-state index < -0.39 is 0 Å². The summed E-state index contributed by atoms with van der Waals surface area (Å²) in [6.07, 6.45) is 0.491. The molecule has 0 saturated carbocycles. The predicted octanol–water partition coefficient (Wildman–Crippen LogP) is 4.26. The largest absolute Gasteiger partial charge is 0.497 e. The Kier molecular flexibility index (Phi) is 4.30. The lowest BCUT2D eigenvalue weighted by Gasteiger charge is -2.04. The average molecular weight is 367 g/mol. The van der Waals surface area contributed by atoms with Crippen LogP contribution >= 0.6 is 11.3 Å². The molecule has 0 aliphatic carbocycles. The van der Waals surface area contributed by atoms with Gasteiger partial charge in [-0.2, -0.15) is 0 Å². The van der Waals surface area contributed by atoms with E-state index in [1.54, 1.807) is 25.6 Å². The van der Waals surface area contributed by atoms with Gasteiger partial charge >= 0.3 is 0 Å². The van der Waals surface area contributed by atoms with Gasteiger partial charge in [0.1, 0.15) is 22.0 Å². The van der Waals surface area contributed by atoms with E-state index in [2.05, 4.69) is 15.2 Å². The van der Waals surface area contributed by atoms with Crippen LogP contribution in [0.1, 0.15) is 16.5 Å². The first-order chi connectivity index (χ1) is 12.7. The molecule has 26 heavy (non-hydrogen) atoms. The number of thiazole rings is 1. The van der Waals surface area contributed by atoms with Gasteiger partial charge in [0, 0.05) is 5.56 Å². The van der Waals surface area contributed by atoms with Gasteiger partial charge in [0.2, 0.25) is 11.8 Å². The lowest BCUT2D eigenvalue weighted by Crippen LogP contribution is -1.88. The summed E-state index contributed by atoms with van der Waals surface area (Å²) in [5.41, 5.74) is 2.78. The van der Waals surface area contributed by atoms with Crippen LogP contribution in [-0.4, -0.2) is 29.4 Å². The topological polar surface area (TPSA) is 70.3 Å². The smallest absolute Gasteiger partial charge is 0.248 e. The van der Waals surface area contributed by atoms with E-state index >= 15 is 0 Å². The van der Waals surface area contributed by atoms with Crippen molar-refractivity contribution in [1.29, 1.82) is 0 Å². The first-order valence-electron chi connectivity index (χ1n) is 8.07. The number of rotatable bonds is 5. The van der Waals surface area contributed by atoms with Crippen LogP contribution in [0, 0.1) is 6.92 Å². The van der Waals surface area contributed by atoms with Gasteiger partial charge in [-0.05, 0) is 42.8 Å². The number of hydrogen-bond donors (Lipinski definition) is 0. The Morgan fingerprint density at radius 2 is 1.96 bits per heavy atom. The first-order valence-corrected chi connectivity index (χ1v) is 8.89. The highest BCUT2D eigenvalue weighted by Crippen LogP contribution is 2.31. The number of hydrogen-bond acceptors (Lipinski definition) is 7. The fourth-order valence-electron chi connectivity index (χ4n) is 2.78. The molecule has 0 saturated heterocycles. The van der Waals surface area contributed by atoms with E-state index in [-0.39, 0.29) is 0 Å². The lowest BCUT2D eigenvalue weighted by atomic mass is 10.1. The maximum atomic E-state index is 5.85. The second-order valence-electron chi connectivity index (χ2n) is 5.77. The van der Waals surface area contributed by atoms with Crippen LogP contribution in [0.25, 0.3) is 21.7 Å². The molecule has 0 N–H and O–H groups in total. The molecule has 2 heterocycles. The molecule has 0 fully saturated rings. The number of fused-ring (bicyclic) bond motifs is 1. The van der Waals surface area contributed by atoms with Crippen molar-refractivity contribution in [1.82, 2.24) is 15.2 Å². The summed E-state index contributed by atoms with van der Waals surface area (Å²) in [5, 5.41) is 9.26. The van der Waals surface area contributed by atoms with Gasteiger partial charge in [-0.1, -0.05) is 6.07 Å². The van der Waals surface area contributed by atoms with Crippen LogP contribution in [-0.2, 0) is 6.42 Å². The van der Waals surface area contributed by atoms with Crippen molar-refractivity contribution < 1.29 is 13.9 Å². The maximum Gasteiger partial charge on any atom is 0.248 e. The van der Waals surface area contributed by atoms with Crippen molar-refractivity contribution in [2.45, 2.75) is 13.3 Å². The minimum absolute atomic E-state index is 0.491. The van der Waals surface area contributed by atoms with E-state index in [0.717, 1.165) is 37.9 Å². The highest BCUT2D eigenvalue weighted by molar-refractivity contribution is 7.18. The number of methoxy groups -OCH3 is 2. The fourth-order valence-corrected chi connectivity index (χ4v) is 3.75. The van der Waals surface area contributed by atoms with Crippen LogP contribution in [0.2, 0.25) is 0 Å². The Labute approximate surface area is 154 Å². The Morgan fingerprint density at radius 3 is 2.73 bits per heavy atom. The van der Waals surface area contributed by atoms with E-state index in [4.69, 9.17) is 13.9 Å². The molecule has 132 valence electrons. The third kappa shape index (κ3) is 3.01. The molecule has 0 aliphatic rings. The molecule has 0 bridgehead atoms. The summed E-state index contributed by atoms with van der Waals surface area (Å²) < 4.78 is 17.5. The molecule has 0 amide bonds. The minimum atomic E-state index is 0.491. The zero-order valence-electron chi connectivity index (χ0n) is 14.6. The van der Waals surface area contributed by atoms with Crippen LogP contribution in [0.15, 0.2) is 40.8 Å². The second kappa shape index (κ2) is 6.76. The monoisotopic (exact) mass is 367 g/mol. The summed E-state index contributed by atoms with van der Waals surface area (Å²) in [6.45, 7) is 1.99. The number of para-hydroxylation sites is 1. The van der Waals surface area contributed by atoms with Gasteiger partial charge in [0.05, 0.1) is 25.3 Å². The lowest BCUT2D eigenvalue weighted by molar-refractivity contribution is 0.414. The molecule has 7 heteroatoms. The molecule has 0 aliphatic heterocycles. The molecule has 0 atom stereocenters. The van der Waals surface area contributed by atoms with Crippen molar-refractivity contribution in [2.24, 2.45) is 0 Å². The van der Waals surface area contributed by atoms with Crippen molar-refractivity contribution in [3.05, 3.63) is 52.9 Å². The molecule has 4 rings (SSSR count). The van der Waals surface area contributed by atoms with E-state index in [9.17, 15) is 0 Å². The van der Waals surface area contributed by atoms with Crippen molar-refractivity contribution >= 4 is 21.6 Å². The second-order valence-corrected chi connectivity index (χ2v) is 6.89. The molecular weight excluding hydrogens is 350 g/mol. The predicted molar refractivity (Wildman–Crippen MR) is 100 cm³/mol. The number of benzene rings is 2. The minimum Gasteiger partial charge on any atom is -0.497 e. The van der Waals surface area contributed by atoms with Gasteiger partial charge < -0.3 is 13.9 Å². The Hall–Kier alpha value is -2.93. The third-order valence-electron chi connectivity index (χ3n) is 4.08. The van der Waals surface area contributed by atoms with Crippen LogP contribution < -0.4 is 9.47 Å². The summed E-state index contributed by atoms with van der Waals surface area (Å²) in [6, 6.07) is 11.6. The van der Waals surface area contributed by atoms with Gasteiger partial charge in [0.15, 0.2) is 0 Å². The number of ether oxygens (including phenoxy) is 2. The van der Waals surface area contributed by atoms with Crippen molar-refractivity contribution in [3.8, 4) is 23.0 Å². The Morgan fingerprint density at radius 1 is 1.08 bits per heavy atom. The number of aryl methyl sites for hydroxylation is 1. The number of aromatic nitrogens is 3. The van der Waals surface area contributed by atoms with Crippen LogP contribution in [0.5, 0.6) is 11.5 Å². The highest BCUT2D eigenvalue weighted by Gasteiger charge is 2.15. The van der Waals surface area contributed by atoms with Crippen molar-refractivity contribution in [2.75, 3.05) is 14.2 Å². The highest BCUT2D eigenvalue weighted by atomic mass is 32.1. The summed E-state index contributed by atoms with van der Waals surface area (Å²) >= 11 is 1.60. The SMILES string of the molecule is COc1ccc(-c2nnc(Cc3nc4c(OC)cccc4s3)o2)c(C)c1. The first kappa shape index (κ1) is 16.5. The van der Waals surface area contributed by atoms with Crippen LogP contribution in [0.4, 0.5) is 0 Å². The van der Waals surface area contributed by atoms with Gasteiger partial charge in [-0.15, -0.1) is 21.5 Å². The van der Waals surface area contributed by atoms with Gasteiger partial charge in [-0.25, -0.2) is 4.98 Å². The van der Waals surface area contributed by atoms with Crippen molar-refractivity contribution in [3.63, 3.8) is 0 Å². The standard InChI is InChI=1S/C19H17N3O3S/c1-11-9-12(23-2)7-8-13(11)19-22-21-16(25-19)10-17-20-18-14(24-3)5-4-6-15(18)26-17/h4-9H,10H2,1-3H3. The molecule has 0 radical (unpaired) electrons.